The smallest absolute Gasteiger partial charge is 0.338 e. The molecule has 0 aliphatic carbocycles. The van der Waals surface area contributed by atoms with Gasteiger partial charge in [-0.2, -0.15) is 0 Å². The first-order valence-corrected chi connectivity index (χ1v) is 10.1. The van der Waals surface area contributed by atoms with Crippen molar-refractivity contribution < 1.29 is 32.3 Å². The SMILES string of the molecule is Cc1ccc(S(C)(=O)=O)cc1C(=O)OCC(=O)c1ccc2c(c1)NC(=O)CO2. The number of carbonyl (C=O) groups excluding carboxylic acids is 3. The zero-order chi connectivity index (χ0) is 20.5. The van der Waals surface area contributed by atoms with Crippen LogP contribution in [0.4, 0.5) is 5.69 Å². The van der Waals surface area contributed by atoms with Crippen LogP contribution in [-0.2, 0) is 19.4 Å². The molecule has 0 bridgehead atoms. The Bertz CT molecular complexity index is 1090. The Morgan fingerprint density at radius 3 is 2.64 bits per heavy atom. The van der Waals surface area contributed by atoms with E-state index in [1.165, 1.54) is 30.3 Å². The number of hydrogen-bond acceptors (Lipinski definition) is 7. The van der Waals surface area contributed by atoms with Gasteiger partial charge in [-0.05, 0) is 42.8 Å². The van der Waals surface area contributed by atoms with E-state index in [0.717, 1.165) is 6.26 Å². The molecule has 0 atom stereocenters. The van der Waals surface area contributed by atoms with Crippen molar-refractivity contribution in [3.63, 3.8) is 0 Å². The molecule has 2 aromatic carbocycles. The summed E-state index contributed by atoms with van der Waals surface area (Å²) in [6.07, 6.45) is 1.04. The molecular formula is C19H17NO7S. The maximum atomic E-state index is 12.3. The molecule has 28 heavy (non-hydrogen) atoms. The number of ketones is 1. The Morgan fingerprint density at radius 2 is 1.93 bits per heavy atom. The van der Waals surface area contributed by atoms with Gasteiger partial charge in [0, 0.05) is 11.8 Å². The Labute approximate surface area is 161 Å². The van der Waals surface area contributed by atoms with Gasteiger partial charge >= 0.3 is 5.97 Å². The van der Waals surface area contributed by atoms with Crippen molar-refractivity contribution in [2.45, 2.75) is 11.8 Å². The summed E-state index contributed by atoms with van der Waals surface area (Å²) in [5.74, 6) is -1.16. The number of carbonyl (C=O) groups is 3. The maximum Gasteiger partial charge on any atom is 0.338 e. The molecule has 0 radical (unpaired) electrons. The van der Waals surface area contributed by atoms with Crippen LogP contribution in [0.2, 0.25) is 0 Å². The first kappa shape index (κ1) is 19.6. The Kier molecular flexibility index (Phi) is 5.19. The predicted molar refractivity (Wildman–Crippen MR) is 99.5 cm³/mol. The summed E-state index contributed by atoms with van der Waals surface area (Å²) in [6.45, 7) is 1.01. The van der Waals surface area contributed by atoms with Crippen LogP contribution in [-0.4, -0.2) is 45.5 Å². The van der Waals surface area contributed by atoms with Gasteiger partial charge in [-0.15, -0.1) is 0 Å². The molecule has 0 fully saturated rings. The van der Waals surface area contributed by atoms with Gasteiger partial charge in [0.1, 0.15) is 5.75 Å². The lowest BCUT2D eigenvalue weighted by Gasteiger charge is -2.18. The fourth-order valence-corrected chi connectivity index (χ4v) is 3.25. The maximum absolute atomic E-state index is 12.3. The summed E-state index contributed by atoms with van der Waals surface area (Å²) in [5.41, 5.74) is 1.20. The molecule has 1 N–H and O–H groups in total. The zero-order valence-electron chi connectivity index (χ0n) is 15.1. The summed E-state index contributed by atoms with van der Waals surface area (Å²) in [5, 5.41) is 2.59. The molecule has 8 nitrogen and oxygen atoms in total. The van der Waals surface area contributed by atoms with Crippen molar-refractivity contribution in [1.29, 1.82) is 0 Å². The van der Waals surface area contributed by atoms with E-state index in [4.69, 9.17) is 9.47 Å². The summed E-state index contributed by atoms with van der Waals surface area (Å²) in [4.78, 5) is 36.0. The van der Waals surface area contributed by atoms with Gasteiger partial charge in [-0.25, -0.2) is 13.2 Å². The Morgan fingerprint density at radius 1 is 1.18 bits per heavy atom. The van der Waals surface area contributed by atoms with E-state index >= 15 is 0 Å². The highest BCUT2D eigenvalue weighted by Gasteiger charge is 2.20. The summed E-state index contributed by atoms with van der Waals surface area (Å²) < 4.78 is 33.6. The number of aryl methyl sites for hydroxylation is 1. The first-order chi connectivity index (χ1) is 13.1. The van der Waals surface area contributed by atoms with E-state index in [2.05, 4.69) is 5.32 Å². The van der Waals surface area contributed by atoms with Gasteiger partial charge in [0.2, 0.25) is 0 Å². The van der Waals surface area contributed by atoms with Gasteiger partial charge < -0.3 is 14.8 Å². The second-order valence-electron chi connectivity index (χ2n) is 6.30. The number of fused-ring (bicyclic) bond motifs is 1. The topological polar surface area (TPSA) is 116 Å². The molecule has 0 spiro atoms. The van der Waals surface area contributed by atoms with E-state index < -0.39 is 28.2 Å². The number of anilines is 1. The van der Waals surface area contributed by atoms with Crippen molar-refractivity contribution in [2.75, 3.05) is 24.8 Å². The van der Waals surface area contributed by atoms with Crippen molar-refractivity contribution in [2.24, 2.45) is 0 Å². The van der Waals surface area contributed by atoms with E-state index in [1.54, 1.807) is 13.0 Å². The number of ether oxygens (including phenoxy) is 2. The predicted octanol–water partition coefficient (Wildman–Crippen LogP) is 1.77. The normalized spacial score (nSPS) is 13.1. The lowest BCUT2D eigenvalue weighted by molar-refractivity contribution is -0.118. The minimum atomic E-state index is -3.48. The quantitative estimate of drug-likeness (QED) is 0.597. The molecular weight excluding hydrogens is 386 g/mol. The summed E-state index contributed by atoms with van der Waals surface area (Å²) in [7, 11) is -3.48. The van der Waals surface area contributed by atoms with Crippen LogP contribution in [0.15, 0.2) is 41.3 Å². The summed E-state index contributed by atoms with van der Waals surface area (Å²) >= 11 is 0. The molecule has 0 unspecified atom stereocenters. The van der Waals surface area contributed by atoms with Gasteiger partial charge in [0.15, 0.2) is 28.8 Å². The van der Waals surface area contributed by atoms with Crippen LogP contribution in [0.25, 0.3) is 0 Å². The minimum Gasteiger partial charge on any atom is -0.482 e. The third kappa shape index (κ3) is 4.20. The molecule has 1 aliphatic heterocycles. The van der Waals surface area contributed by atoms with Crippen molar-refractivity contribution in [3.8, 4) is 5.75 Å². The number of Topliss-reactive ketones (excluding diaryl/α,β-unsaturated/α-hetero) is 1. The van der Waals surface area contributed by atoms with E-state index in [1.807, 2.05) is 0 Å². The monoisotopic (exact) mass is 403 g/mol. The average molecular weight is 403 g/mol. The molecule has 0 saturated carbocycles. The van der Waals surface area contributed by atoms with Crippen LogP contribution in [0.1, 0.15) is 26.3 Å². The highest BCUT2D eigenvalue weighted by atomic mass is 32.2. The molecule has 1 aliphatic rings. The number of esters is 1. The second kappa shape index (κ2) is 7.43. The molecule has 2 aromatic rings. The lowest BCUT2D eigenvalue weighted by atomic mass is 10.1. The van der Waals surface area contributed by atoms with Crippen LogP contribution >= 0.6 is 0 Å². The molecule has 0 saturated heterocycles. The standard InChI is InChI=1S/C19H17NO7S/c1-11-3-5-13(28(2,24)25)8-14(11)19(23)27-9-16(21)12-4-6-17-15(7-12)20-18(22)10-26-17/h3-8H,9-10H2,1-2H3,(H,20,22). The molecule has 1 amide bonds. The Hall–Kier alpha value is -3.20. The van der Waals surface area contributed by atoms with Crippen LogP contribution in [0.3, 0.4) is 0 Å². The van der Waals surface area contributed by atoms with Gasteiger partial charge in [0.05, 0.1) is 16.1 Å². The third-order valence-electron chi connectivity index (χ3n) is 4.13. The highest BCUT2D eigenvalue weighted by Crippen LogP contribution is 2.28. The van der Waals surface area contributed by atoms with E-state index in [9.17, 15) is 22.8 Å². The Balaban J connectivity index is 1.72. The largest absolute Gasteiger partial charge is 0.482 e. The van der Waals surface area contributed by atoms with Crippen LogP contribution in [0.5, 0.6) is 5.75 Å². The highest BCUT2D eigenvalue weighted by molar-refractivity contribution is 7.90. The van der Waals surface area contributed by atoms with Crippen molar-refractivity contribution >= 4 is 33.2 Å². The number of amides is 1. The molecule has 0 aromatic heterocycles. The zero-order valence-corrected chi connectivity index (χ0v) is 16.0. The van der Waals surface area contributed by atoms with Crippen molar-refractivity contribution in [3.05, 3.63) is 53.1 Å². The van der Waals surface area contributed by atoms with Crippen molar-refractivity contribution in [1.82, 2.24) is 0 Å². The summed E-state index contributed by atoms with van der Waals surface area (Å²) in [6, 6.07) is 8.62. The first-order valence-electron chi connectivity index (χ1n) is 8.23. The third-order valence-corrected chi connectivity index (χ3v) is 5.24. The minimum absolute atomic E-state index is 0.0122. The molecule has 1 heterocycles. The fourth-order valence-electron chi connectivity index (χ4n) is 2.60. The average Bonchev–Trinajstić information content (AvgIpc) is 2.64. The second-order valence-corrected chi connectivity index (χ2v) is 8.31. The van der Waals surface area contributed by atoms with E-state index in [0.29, 0.717) is 17.0 Å². The van der Waals surface area contributed by atoms with Crippen LogP contribution < -0.4 is 10.1 Å². The molecule has 146 valence electrons. The van der Waals surface area contributed by atoms with E-state index in [-0.39, 0.29) is 28.5 Å². The lowest BCUT2D eigenvalue weighted by Crippen LogP contribution is -2.25. The number of rotatable bonds is 5. The fraction of sp³-hybridized carbons (Fsp3) is 0.211. The molecule has 3 rings (SSSR count). The molecule has 9 heteroatoms. The number of hydrogen-bond donors (Lipinski definition) is 1. The van der Waals surface area contributed by atoms with Gasteiger partial charge in [0.25, 0.3) is 5.91 Å². The van der Waals surface area contributed by atoms with Crippen LogP contribution in [0, 0.1) is 6.92 Å². The number of nitrogens with one attached hydrogen (secondary N) is 1. The number of benzene rings is 2. The van der Waals surface area contributed by atoms with Gasteiger partial charge in [-0.3, -0.25) is 9.59 Å². The van der Waals surface area contributed by atoms with Gasteiger partial charge in [-0.1, -0.05) is 6.07 Å². The number of sulfone groups is 1.